The Morgan fingerprint density at radius 2 is 1.69 bits per heavy atom. The van der Waals surface area contributed by atoms with Gasteiger partial charge < -0.3 is 15.0 Å². The zero-order valence-corrected chi connectivity index (χ0v) is 14.7. The first-order valence-electron chi connectivity index (χ1n) is 8.88. The molecule has 1 aliphatic heterocycles. The number of hydrogen-bond donors (Lipinski definition) is 1. The highest BCUT2D eigenvalue weighted by Crippen LogP contribution is 2.15. The molecule has 1 heterocycles. The van der Waals surface area contributed by atoms with Crippen molar-refractivity contribution < 1.29 is 13.9 Å². The molecular weight excluding hydrogens is 333 g/mol. The number of hydrogen-bond acceptors (Lipinski definition) is 4. The van der Waals surface area contributed by atoms with E-state index >= 15 is 0 Å². The van der Waals surface area contributed by atoms with Gasteiger partial charge >= 0.3 is 0 Å². The number of halogens is 1. The Morgan fingerprint density at radius 3 is 2.38 bits per heavy atom. The molecule has 1 N–H and O–H groups in total. The molecule has 2 aromatic rings. The molecule has 0 bridgehead atoms. The largest absolute Gasteiger partial charge is 0.484 e. The fourth-order valence-corrected chi connectivity index (χ4v) is 2.95. The highest BCUT2D eigenvalue weighted by atomic mass is 19.1. The van der Waals surface area contributed by atoms with Crippen molar-refractivity contribution in [2.45, 2.75) is 0 Å². The van der Waals surface area contributed by atoms with Crippen molar-refractivity contribution in [1.29, 1.82) is 0 Å². The van der Waals surface area contributed by atoms with Crippen LogP contribution < -0.4 is 15.0 Å². The maximum atomic E-state index is 12.8. The van der Waals surface area contributed by atoms with Gasteiger partial charge in [0.2, 0.25) is 0 Å². The van der Waals surface area contributed by atoms with Gasteiger partial charge in [-0.3, -0.25) is 9.69 Å². The normalized spacial score (nSPS) is 14.9. The number of nitrogens with one attached hydrogen (secondary N) is 1. The monoisotopic (exact) mass is 357 g/mol. The summed E-state index contributed by atoms with van der Waals surface area (Å²) in [5, 5.41) is 2.86. The lowest BCUT2D eigenvalue weighted by Gasteiger charge is -2.36. The van der Waals surface area contributed by atoms with E-state index in [2.05, 4.69) is 39.4 Å². The van der Waals surface area contributed by atoms with Crippen LogP contribution in [0.4, 0.5) is 10.1 Å². The number of rotatable bonds is 7. The fourth-order valence-electron chi connectivity index (χ4n) is 2.95. The summed E-state index contributed by atoms with van der Waals surface area (Å²) in [6.45, 7) is 5.31. The van der Waals surface area contributed by atoms with Crippen molar-refractivity contribution in [1.82, 2.24) is 10.2 Å². The van der Waals surface area contributed by atoms with Crippen LogP contribution in [0.5, 0.6) is 5.75 Å². The maximum absolute atomic E-state index is 12.8. The molecule has 0 aromatic heterocycles. The first kappa shape index (κ1) is 18.2. The van der Waals surface area contributed by atoms with Gasteiger partial charge in [-0.2, -0.15) is 0 Å². The van der Waals surface area contributed by atoms with Crippen molar-refractivity contribution in [3.8, 4) is 5.75 Å². The summed E-state index contributed by atoms with van der Waals surface area (Å²) in [7, 11) is 0. The van der Waals surface area contributed by atoms with E-state index in [-0.39, 0.29) is 18.3 Å². The molecule has 6 heteroatoms. The fraction of sp³-hybridized carbons (Fsp3) is 0.350. The van der Waals surface area contributed by atoms with Crippen LogP contribution in [-0.4, -0.2) is 56.7 Å². The Kier molecular flexibility index (Phi) is 6.44. The van der Waals surface area contributed by atoms with Gasteiger partial charge in [-0.15, -0.1) is 0 Å². The maximum Gasteiger partial charge on any atom is 0.257 e. The van der Waals surface area contributed by atoms with Gasteiger partial charge in [-0.05, 0) is 36.4 Å². The third-order valence-corrected chi connectivity index (χ3v) is 4.43. The number of nitrogens with zero attached hydrogens (tertiary/aromatic N) is 2. The predicted octanol–water partition coefficient (Wildman–Crippen LogP) is 2.14. The molecule has 1 amide bonds. The van der Waals surface area contributed by atoms with Gasteiger partial charge in [-0.25, -0.2) is 4.39 Å². The molecule has 0 aliphatic carbocycles. The minimum absolute atomic E-state index is 0.0621. The summed E-state index contributed by atoms with van der Waals surface area (Å²) < 4.78 is 18.1. The lowest BCUT2D eigenvalue weighted by atomic mass is 10.2. The van der Waals surface area contributed by atoms with Crippen molar-refractivity contribution in [3.63, 3.8) is 0 Å². The summed E-state index contributed by atoms with van der Waals surface area (Å²) in [4.78, 5) is 16.6. The van der Waals surface area contributed by atoms with Crippen molar-refractivity contribution in [2.75, 3.05) is 50.8 Å². The third kappa shape index (κ3) is 5.46. The number of carbonyl (C=O) groups is 1. The lowest BCUT2D eigenvalue weighted by molar-refractivity contribution is -0.123. The van der Waals surface area contributed by atoms with E-state index in [4.69, 9.17) is 4.74 Å². The van der Waals surface area contributed by atoms with E-state index in [0.717, 1.165) is 32.7 Å². The van der Waals surface area contributed by atoms with Gasteiger partial charge in [0.05, 0.1) is 0 Å². The number of amides is 1. The Balaban J connectivity index is 1.30. The second-order valence-corrected chi connectivity index (χ2v) is 6.26. The Bertz CT molecular complexity index is 686. The van der Waals surface area contributed by atoms with Crippen LogP contribution in [0.25, 0.3) is 0 Å². The number of ether oxygens (including phenoxy) is 1. The van der Waals surface area contributed by atoms with Gasteiger partial charge in [0.25, 0.3) is 5.91 Å². The zero-order chi connectivity index (χ0) is 18.2. The molecule has 1 saturated heterocycles. The molecular formula is C20H24FN3O2. The average molecular weight is 357 g/mol. The van der Waals surface area contributed by atoms with Gasteiger partial charge in [-0.1, -0.05) is 18.2 Å². The summed E-state index contributed by atoms with van der Waals surface area (Å²) in [6, 6.07) is 16.1. The van der Waals surface area contributed by atoms with E-state index in [1.165, 1.54) is 30.0 Å². The Morgan fingerprint density at radius 1 is 1.00 bits per heavy atom. The first-order chi connectivity index (χ1) is 12.7. The highest BCUT2D eigenvalue weighted by molar-refractivity contribution is 5.77. The van der Waals surface area contributed by atoms with Crippen molar-refractivity contribution in [2.24, 2.45) is 0 Å². The molecule has 2 aromatic carbocycles. The molecule has 3 rings (SSSR count). The molecule has 1 fully saturated rings. The van der Waals surface area contributed by atoms with Gasteiger partial charge in [0, 0.05) is 45.0 Å². The van der Waals surface area contributed by atoms with Gasteiger partial charge in [0.15, 0.2) is 6.61 Å². The molecule has 0 atom stereocenters. The number of anilines is 1. The SMILES string of the molecule is O=C(COc1ccc(F)cc1)NCCN1CCN(c2ccccc2)CC1. The van der Waals surface area contributed by atoms with E-state index in [0.29, 0.717) is 12.3 Å². The van der Waals surface area contributed by atoms with E-state index in [1.54, 1.807) is 0 Å². The van der Waals surface area contributed by atoms with Crippen LogP contribution in [0.15, 0.2) is 54.6 Å². The second kappa shape index (κ2) is 9.20. The summed E-state index contributed by atoms with van der Waals surface area (Å²) in [6.07, 6.45) is 0. The number of piperazine rings is 1. The smallest absolute Gasteiger partial charge is 0.257 e. The molecule has 26 heavy (non-hydrogen) atoms. The quantitative estimate of drug-likeness (QED) is 0.825. The van der Waals surface area contributed by atoms with Crippen LogP contribution in [-0.2, 0) is 4.79 Å². The van der Waals surface area contributed by atoms with Crippen LogP contribution in [0.3, 0.4) is 0 Å². The van der Waals surface area contributed by atoms with Crippen LogP contribution >= 0.6 is 0 Å². The summed E-state index contributed by atoms with van der Waals surface area (Å²) in [5.74, 6) is -0.00927. The minimum Gasteiger partial charge on any atom is -0.484 e. The van der Waals surface area contributed by atoms with E-state index < -0.39 is 0 Å². The number of benzene rings is 2. The number of carbonyl (C=O) groups excluding carboxylic acids is 1. The Hall–Kier alpha value is -2.60. The van der Waals surface area contributed by atoms with Crippen LogP contribution in [0.2, 0.25) is 0 Å². The topological polar surface area (TPSA) is 44.8 Å². The molecule has 1 aliphatic rings. The second-order valence-electron chi connectivity index (χ2n) is 6.26. The van der Waals surface area contributed by atoms with Crippen LogP contribution in [0, 0.1) is 5.82 Å². The summed E-state index contributed by atoms with van der Waals surface area (Å²) >= 11 is 0. The number of para-hydroxylation sites is 1. The first-order valence-corrected chi connectivity index (χ1v) is 8.88. The molecule has 0 saturated carbocycles. The molecule has 0 spiro atoms. The average Bonchev–Trinajstić information content (AvgIpc) is 2.69. The van der Waals surface area contributed by atoms with Crippen molar-refractivity contribution >= 4 is 11.6 Å². The van der Waals surface area contributed by atoms with E-state index in [9.17, 15) is 9.18 Å². The third-order valence-electron chi connectivity index (χ3n) is 4.43. The molecule has 5 nitrogen and oxygen atoms in total. The zero-order valence-electron chi connectivity index (χ0n) is 14.7. The molecule has 0 radical (unpaired) electrons. The standard InChI is InChI=1S/C20H24FN3O2/c21-17-6-8-19(9-7-17)26-16-20(25)22-10-11-23-12-14-24(15-13-23)18-4-2-1-3-5-18/h1-9H,10-16H2,(H,22,25). The van der Waals surface area contributed by atoms with Crippen LogP contribution in [0.1, 0.15) is 0 Å². The summed E-state index contributed by atoms with van der Waals surface area (Å²) in [5.41, 5.74) is 1.26. The highest BCUT2D eigenvalue weighted by Gasteiger charge is 2.16. The minimum atomic E-state index is -0.325. The van der Waals surface area contributed by atoms with E-state index in [1.807, 2.05) is 6.07 Å². The van der Waals surface area contributed by atoms with Crippen molar-refractivity contribution in [3.05, 3.63) is 60.4 Å². The Labute approximate surface area is 153 Å². The lowest BCUT2D eigenvalue weighted by Crippen LogP contribution is -2.48. The molecule has 0 unspecified atom stereocenters. The van der Waals surface area contributed by atoms with Gasteiger partial charge in [0.1, 0.15) is 11.6 Å². The predicted molar refractivity (Wildman–Crippen MR) is 100.0 cm³/mol. The molecule has 138 valence electrons.